The van der Waals surface area contributed by atoms with Crippen molar-refractivity contribution in [3.05, 3.63) is 42.0 Å². The highest BCUT2D eigenvalue weighted by Gasteiger charge is 2.11. The first-order valence-electron chi connectivity index (χ1n) is 6.88. The standard InChI is InChI=1S/C15H20F2N2O3/c1-2-3-4-8-18-15(21)19-10-13(20)11-6-5-7-12(9-11)22-14(16)17/h2-3,5-7,9,13-14,20H,4,8,10H2,1H3,(H2,18,19,21)/b3-2+. The fourth-order valence-corrected chi connectivity index (χ4v) is 1.70. The lowest BCUT2D eigenvalue weighted by Gasteiger charge is -2.14. The van der Waals surface area contributed by atoms with Gasteiger partial charge in [0, 0.05) is 13.1 Å². The van der Waals surface area contributed by atoms with E-state index in [0.717, 1.165) is 6.42 Å². The molecule has 1 rings (SSSR count). The van der Waals surface area contributed by atoms with Crippen molar-refractivity contribution in [3.8, 4) is 5.75 Å². The second-order valence-corrected chi connectivity index (χ2v) is 4.46. The number of alkyl halides is 2. The van der Waals surface area contributed by atoms with Crippen molar-refractivity contribution in [2.45, 2.75) is 26.1 Å². The van der Waals surface area contributed by atoms with Crippen LogP contribution in [-0.4, -0.2) is 30.8 Å². The van der Waals surface area contributed by atoms with Gasteiger partial charge in [-0.15, -0.1) is 0 Å². The normalized spacial score (nSPS) is 12.4. The monoisotopic (exact) mass is 314 g/mol. The smallest absolute Gasteiger partial charge is 0.387 e. The second-order valence-electron chi connectivity index (χ2n) is 4.46. The van der Waals surface area contributed by atoms with Crippen molar-refractivity contribution < 1.29 is 23.4 Å². The van der Waals surface area contributed by atoms with Crippen LogP contribution < -0.4 is 15.4 Å². The fraction of sp³-hybridized carbons (Fsp3) is 0.400. The topological polar surface area (TPSA) is 70.6 Å². The van der Waals surface area contributed by atoms with Gasteiger partial charge in [-0.2, -0.15) is 8.78 Å². The molecule has 1 atom stereocenters. The Hall–Kier alpha value is -2.15. The summed E-state index contributed by atoms with van der Waals surface area (Å²) in [6.45, 7) is -0.576. The summed E-state index contributed by atoms with van der Waals surface area (Å²) in [6.07, 6.45) is 3.52. The Morgan fingerprint density at radius 2 is 2.18 bits per heavy atom. The first-order valence-corrected chi connectivity index (χ1v) is 6.88. The van der Waals surface area contributed by atoms with Gasteiger partial charge in [-0.1, -0.05) is 24.3 Å². The lowest BCUT2D eigenvalue weighted by Crippen LogP contribution is -2.38. The first-order chi connectivity index (χ1) is 10.5. The quantitative estimate of drug-likeness (QED) is 0.510. The number of hydrogen-bond donors (Lipinski definition) is 3. The van der Waals surface area contributed by atoms with Gasteiger partial charge >= 0.3 is 12.6 Å². The van der Waals surface area contributed by atoms with Crippen LogP contribution in [-0.2, 0) is 0 Å². The summed E-state index contributed by atoms with van der Waals surface area (Å²) in [4.78, 5) is 11.5. The average molecular weight is 314 g/mol. The molecule has 1 unspecified atom stereocenters. The van der Waals surface area contributed by atoms with Crippen LogP contribution in [0.4, 0.5) is 13.6 Å². The van der Waals surface area contributed by atoms with Crippen molar-refractivity contribution in [2.24, 2.45) is 0 Å². The predicted octanol–water partition coefficient (Wildman–Crippen LogP) is 2.59. The van der Waals surface area contributed by atoms with Gasteiger partial charge in [-0.25, -0.2) is 4.79 Å². The zero-order valence-corrected chi connectivity index (χ0v) is 12.3. The van der Waals surface area contributed by atoms with Crippen LogP contribution in [0.5, 0.6) is 5.75 Å². The zero-order chi connectivity index (χ0) is 16.4. The molecule has 0 aliphatic carbocycles. The maximum absolute atomic E-state index is 12.1. The molecule has 1 aromatic carbocycles. The molecule has 0 aliphatic rings. The molecule has 0 aliphatic heterocycles. The minimum atomic E-state index is -2.92. The van der Waals surface area contributed by atoms with Crippen LogP contribution in [0.1, 0.15) is 25.0 Å². The maximum atomic E-state index is 12.1. The number of carbonyl (C=O) groups is 1. The van der Waals surface area contributed by atoms with E-state index in [1.807, 2.05) is 19.1 Å². The number of carbonyl (C=O) groups excluding carboxylic acids is 1. The summed E-state index contributed by atoms with van der Waals surface area (Å²) in [5.74, 6) is -0.0395. The second kappa shape index (κ2) is 9.73. The van der Waals surface area contributed by atoms with Gasteiger partial charge < -0.3 is 20.5 Å². The van der Waals surface area contributed by atoms with Crippen LogP contribution in [0.2, 0.25) is 0 Å². The lowest BCUT2D eigenvalue weighted by atomic mass is 10.1. The van der Waals surface area contributed by atoms with Gasteiger partial charge in [0.15, 0.2) is 0 Å². The minimum Gasteiger partial charge on any atom is -0.435 e. The van der Waals surface area contributed by atoms with Gasteiger partial charge in [0.05, 0.1) is 6.10 Å². The highest BCUT2D eigenvalue weighted by atomic mass is 19.3. The van der Waals surface area contributed by atoms with E-state index in [2.05, 4.69) is 15.4 Å². The van der Waals surface area contributed by atoms with Gasteiger partial charge in [0.2, 0.25) is 0 Å². The van der Waals surface area contributed by atoms with Crippen molar-refractivity contribution in [1.82, 2.24) is 10.6 Å². The molecular formula is C15H20F2N2O3. The molecule has 0 saturated carbocycles. The number of urea groups is 1. The number of aliphatic hydroxyl groups excluding tert-OH is 1. The Morgan fingerprint density at radius 1 is 1.41 bits per heavy atom. The van der Waals surface area contributed by atoms with E-state index < -0.39 is 18.7 Å². The Morgan fingerprint density at radius 3 is 2.86 bits per heavy atom. The SMILES string of the molecule is C/C=C/CCNC(=O)NCC(O)c1cccc(OC(F)F)c1. The van der Waals surface area contributed by atoms with E-state index in [0.29, 0.717) is 12.1 Å². The number of halogens is 2. The number of benzene rings is 1. The number of rotatable bonds is 8. The number of hydrogen-bond acceptors (Lipinski definition) is 3. The summed E-state index contributed by atoms with van der Waals surface area (Å²) in [7, 11) is 0. The van der Waals surface area contributed by atoms with Crippen molar-refractivity contribution in [1.29, 1.82) is 0 Å². The molecule has 0 spiro atoms. The third kappa shape index (κ3) is 7.03. The number of aliphatic hydroxyl groups is 1. The highest BCUT2D eigenvalue weighted by molar-refractivity contribution is 5.73. The molecule has 5 nitrogen and oxygen atoms in total. The van der Waals surface area contributed by atoms with Crippen molar-refractivity contribution >= 4 is 6.03 Å². The van der Waals surface area contributed by atoms with E-state index in [4.69, 9.17) is 0 Å². The minimum absolute atomic E-state index is 0.0341. The van der Waals surface area contributed by atoms with Crippen LogP contribution in [0.3, 0.4) is 0 Å². The maximum Gasteiger partial charge on any atom is 0.387 e. The van der Waals surface area contributed by atoms with E-state index >= 15 is 0 Å². The first kappa shape index (κ1) is 17.9. The van der Waals surface area contributed by atoms with Crippen molar-refractivity contribution in [3.63, 3.8) is 0 Å². The third-order valence-electron chi connectivity index (χ3n) is 2.76. The van der Waals surface area contributed by atoms with Gasteiger partial charge in [-0.05, 0) is 31.0 Å². The molecule has 0 aromatic heterocycles. The summed E-state index contributed by atoms with van der Waals surface area (Å²) < 4.78 is 28.5. The fourth-order valence-electron chi connectivity index (χ4n) is 1.70. The van der Waals surface area contributed by atoms with Gasteiger partial charge in [0.25, 0.3) is 0 Å². The molecule has 22 heavy (non-hydrogen) atoms. The lowest BCUT2D eigenvalue weighted by molar-refractivity contribution is -0.0499. The third-order valence-corrected chi connectivity index (χ3v) is 2.76. The average Bonchev–Trinajstić information content (AvgIpc) is 2.49. The molecule has 0 bridgehead atoms. The van der Waals surface area contributed by atoms with Gasteiger partial charge in [-0.3, -0.25) is 0 Å². The summed E-state index contributed by atoms with van der Waals surface area (Å²) in [6, 6.07) is 5.33. The molecule has 122 valence electrons. The molecule has 0 radical (unpaired) electrons. The molecule has 3 N–H and O–H groups in total. The molecule has 0 saturated heterocycles. The number of ether oxygens (including phenoxy) is 1. The van der Waals surface area contributed by atoms with Crippen molar-refractivity contribution in [2.75, 3.05) is 13.1 Å². The molecule has 7 heteroatoms. The van der Waals surface area contributed by atoms with E-state index in [9.17, 15) is 18.7 Å². The Balaban J connectivity index is 2.41. The predicted molar refractivity (Wildman–Crippen MR) is 78.9 cm³/mol. The number of amides is 2. The summed E-state index contributed by atoms with van der Waals surface area (Å²) >= 11 is 0. The molecular weight excluding hydrogens is 294 g/mol. The molecule has 0 fully saturated rings. The molecule has 2 amide bonds. The Labute approximate surface area is 128 Å². The highest BCUT2D eigenvalue weighted by Crippen LogP contribution is 2.20. The van der Waals surface area contributed by atoms with Crippen LogP contribution in [0, 0.1) is 0 Å². The summed E-state index contributed by atoms with van der Waals surface area (Å²) in [5, 5.41) is 15.1. The van der Waals surface area contributed by atoms with Crippen LogP contribution >= 0.6 is 0 Å². The Bertz CT molecular complexity index is 495. The largest absolute Gasteiger partial charge is 0.435 e. The summed E-state index contributed by atoms with van der Waals surface area (Å²) in [5.41, 5.74) is 0.382. The van der Waals surface area contributed by atoms with Crippen LogP contribution in [0.25, 0.3) is 0 Å². The zero-order valence-electron chi connectivity index (χ0n) is 12.3. The number of nitrogens with one attached hydrogen (secondary N) is 2. The molecule has 0 heterocycles. The van der Waals surface area contributed by atoms with Gasteiger partial charge in [0.1, 0.15) is 5.75 Å². The van der Waals surface area contributed by atoms with Crippen LogP contribution in [0.15, 0.2) is 36.4 Å². The Kier molecular flexibility index (Phi) is 7.91. The van der Waals surface area contributed by atoms with E-state index in [1.54, 1.807) is 6.07 Å². The number of allylic oxidation sites excluding steroid dienone is 1. The van der Waals surface area contributed by atoms with E-state index in [-0.39, 0.29) is 12.3 Å². The van der Waals surface area contributed by atoms with E-state index in [1.165, 1.54) is 18.2 Å². The molecule has 1 aromatic rings.